The Morgan fingerprint density at radius 3 is 1.32 bits per heavy atom. The summed E-state index contributed by atoms with van der Waals surface area (Å²) in [5.74, 6) is 0.897. The summed E-state index contributed by atoms with van der Waals surface area (Å²) in [7, 11) is 6.00. The fraction of sp³-hybridized carbons (Fsp3) is 0.314. The van der Waals surface area contributed by atoms with E-state index in [1.54, 1.807) is 48.6 Å². The van der Waals surface area contributed by atoms with Crippen LogP contribution >= 0.6 is 0 Å². The number of imide groups is 2. The maximum Gasteiger partial charge on any atom is 0.253 e. The standard InChI is InChI=1S/C35H38N2O10/c1-42-26-20-24(12-14-32(40)36-16-7-5-10-30(36)38)21-27(43-2)34(26)46-18-9-19-47-35-28(44-3)22-25(23-29(35)45-4)13-15-33(41)37-17-8-6-11-31(37)39/h5-6,10-15,20-23H,7-9,16-19H2,1-4H3/b14-12+,15-13+. The van der Waals surface area contributed by atoms with Crippen molar-refractivity contribution in [3.05, 3.63) is 71.8 Å². The molecule has 2 aliphatic heterocycles. The molecule has 2 aromatic carbocycles. The van der Waals surface area contributed by atoms with Crippen molar-refractivity contribution in [1.29, 1.82) is 0 Å². The average Bonchev–Trinajstić information content (AvgIpc) is 3.09. The van der Waals surface area contributed by atoms with Crippen molar-refractivity contribution >= 4 is 35.8 Å². The van der Waals surface area contributed by atoms with Gasteiger partial charge < -0.3 is 28.4 Å². The molecule has 12 nitrogen and oxygen atoms in total. The highest BCUT2D eigenvalue weighted by molar-refractivity contribution is 6.07. The lowest BCUT2D eigenvalue weighted by Gasteiger charge is -2.19. The van der Waals surface area contributed by atoms with Crippen molar-refractivity contribution in [3.8, 4) is 34.5 Å². The first-order valence-electron chi connectivity index (χ1n) is 15.0. The lowest BCUT2D eigenvalue weighted by Crippen LogP contribution is -2.37. The highest BCUT2D eigenvalue weighted by atomic mass is 16.5. The largest absolute Gasteiger partial charge is 0.493 e. The van der Waals surface area contributed by atoms with Crippen molar-refractivity contribution in [3.63, 3.8) is 0 Å². The first kappa shape index (κ1) is 34.4. The summed E-state index contributed by atoms with van der Waals surface area (Å²) < 4.78 is 34.1. The van der Waals surface area contributed by atoms with E-state index < -0.39 is 11.8 Å². The van der Waals surface area contributed by atoms with E-state index in [0.29, 0.717) is 78.0 Å². The maximum atomic E-state index is 12.5. The Labute approximate surface area is 273 Å². The molecule has 47 heavy (non-hydrogen) atoms. The molecule has 2 heterocycles. The normalized spacial score (nSPS) is 14.6. The van der Waals surface area contributed by atoms with Crippen molar-refractivity contribution in [2.45, 2.75) is 19.3 Å². The predicted octanol–water partition coefficient (Wildman–Crippen LogP) is 4.23. The maximum absolute atomic E-state index is 12.5. The molecular formula is C35H38N2O10. The molecule has 4 amide bonds. The third-order valence-corrected chi connectivity index (χ3v) is 7.21. The number of methoxy groups -OCH3 is 4. The summed E-state index contributed by atoms with van der Waals surface area (Å²) in [6.07, 6.45) is 13.8. The van der Waals surface area contributed by atoms with Crippen LogP contribution in [0.2, 0.25) is 0 Å². The highest BCUT2D eigenvalue weighted by Gasteiger charge is 2.21. The number of rotatable bonds is 14. The van der Waals surface area contributed by atoms with E-state index in [0.717, 1.165) is 0 Å². The summed E-state index contributed by atoms with van der Waals surface area (Å²) >= 11 is 0. The summed E-state index contributed by atoms with van der Waals surface area (Å²) in [6.45, 7) is 1.19. The number of hydrogen-bond donors (Lipinski definition) is 0. The van der Waals surface area contributed by atoms with E-state index in [2.05, 4.69) is 0 Å². The van der Waals surface area contributed by atoms with Crippen LogP contribution in [-0.2, 0) is 19.2 Å². The van der Waals surface area contributed by atoms with Gasteiger partial charge in [-0.2, -0.15) is 0 Å². The zero-order valence-electron chi connectivity index (χ0n) is 26.9. The highest BCUT2D eigenvalue weighted by Crippen LogP contribution is 2.40. The van der Waals surface area contributed by atoms with Gasteiger partial charge in [0.1, 0.15) is 0 Å². The van der Waals surface area contributed by atoms with Crippen LogP contribution in [0, 0.1) is 0 Å². The minimum Gasteiger partial charge on any atom is -0.493 e. The van der Waals surface area contributed by atoms with Gasteiger partial charge in [-0.05, 0) is 72.5 Å². The first-order valence-corrected chi connectivity index (χ1v) is 15.0. The lowest BCUT2D eigenvalue weighted by molar-refractivity contribution is -0.140. The second kappa shape index (κ2) is 16.7. The smallest absolute Gasteiger partial charge is 0.253 e. The van der Waals surface area contributed by atoms with Gasteiger partial charge in [0.25, 0.3) is 23.6 Å². The Kier molecular flexibility index (Phi) is 12.2. The van der Waals surface area contributed by atoms with Gasteiger partial charge in [-0.3, -0.25) is 29.0 Å². The van der Waals surface area contributed by atoms with Crippen LogP contribution in [0.4, 0.5) is 0 Å². The molecule has 0 atom stereocenters. The molecule has 12 heteroatoms. The Bertz CT molecular complexity index is 1440. The minimum atomic E-state index is -0.407. The van der Waals surface area contributed by atoms with Crippen molar-refractivity contribution in [2.75, 3.05) is 54.7 Å². The van der Waals surface area contributed by atoms with Crippen LogP contribution < -0.4 is 28.4 Å². The minimum absolute atomic E-state index is 0.253. The Morgan fingerprint density at radius 2 is 1.00 bits per heavy atom. The predicted molar refractivity (Wildman–Crippen MR) is 174 cm³/mol. The summed E-state index contributed by atoms with van der Waals surface area (Å²) in [6, 6.07) is 6.82. The van der Waals surface area contributed by atoms with Gasteiger partial charge in [0.15, 0.2) is 23.0 Å². The number of carbonyl (C=O) groups is 4. The number of nitrogens with zero attached hydrogens (tertiary/aromatic N) is 2. The first-order chi connectivity index (χ1) is 22.8. The topological polar surface area (TPSA) is 130 Å². The van der Waals surface area contributed by atoms with E-state index >= 15 is 0 Å². The molecule has 0 saturated carbocycles. The average molecular weight is 647 g/mol. The Balaban J connectivity index is 1.36. The number of hydrogen-bond acceptors (Lipinski definition) is 10. The van der Waals surface area contributed by atoms with Crippen LogP contribution in [0.5, 0.6) is 34.5 Å². The molecule has 0 saturated heterocycles. The van der Waals surface area contributed by atoms with E-state index in [-0.39, 0.29) is 25.0 Å². The molecule has 0 N–H and O–H groups in total. The van der Waals surface area contributed by atoms with Crippen LogP contribution in [0.15, 0.2) is 60.7 Å². The van der Waals surface area contributed by atoms with E-state index in [1.165, 1.54) is 62.5 Å². The third kappa shape index (κ3) is 8.81. The van der Waals surface area contributed by atoms with Gasteiger partial charge >= 0.3 is 0 Å². The molecule has 0 aliphatic carbocycles. The van der Waals surface area contributed by atoms with Gasteiger partial charge in [-0.25, -0.2) is 0 Å². The number of carbonyl (C=O) groups excluding carboxylic acids is 4. The third-order valence-electron chi connectivity index (χ3n) is 7.21. The second-order valence-corrected chi connectivity index (χ2v) is 10.3. The molecule has 0 aromatic heterocycles. The molecule has 2 aromatic rings. The molecule has 248 valence electrons. The van der Waals surface area contributed by atoms with Crippen molar-refractivity contribution in [2.24, 2.45) is 0 Å². The van der Waals surface area contributed by atoms with Crippen LogP contribution in [0.3, 0.4) is 0 Å². The summed E-state index contributed by atoms with van der Waals surface area (Å²) in [4.78, 5) is 51.4. The summed E-state index contributed by atoms with van der Waals surface area (Å²) in [5.41, 5.74) is 1.25. The fourth-order valence-corrected chi connectivity index (χ4v) is 4.81. The van der Waals surface area contributed by atoms with E-state index in [4.69, 9.17) is 28.4 Å². The van der Waals surface area contributed by atoms with Crippen molar-refractivity contribution < 1.29 is 47.6 Å². The van der Waals surface area contributed by atoms with Gasteiger partial charge in [-0.15, -0.1) is 0 Å². The second-order valence-electron chi connectivity index (χ2n) is 10.3. The van der Waals surface area contributed by atoms with Gasteiger partial charge in [0, 0.05) is 31.7 Å². The van der Waals surface area contributed by atoms with Gasteiger partial charge in [0.05, 0.1) is 41.7 Å². The monoisotopic (exact) mass is 646 g/mol. The molecule has 4 rings (SSSR count). The number of benzene rings is 2. The van der Waals surface area contributed by atoms with Crippen LogP contribution in [0.1, 0.15) is 30.4 Å². The molecule has 0 spiro atoms. The SMILES string of the molecule is COc1cc(/C=C/C(=O)N2CCC=CC2=O)cc(OC)c1OCCCOc1c(OC)cc(/C=C/C(=O)N2CCC=CC2=O)cc1OC. The quantitative estimate of drug-likeness (QED) is 0.217. The molecule has 2 aliphatic rings. The Morgan fingerprint density at radius 1 is 0.638 bits per heavy atom. The van der Waals surface area contributed by atoms with Crippen molar-refractivity contribution in [1.82, 2.24) is 9.80 Å². The van der Waals surface area contributed by atoms with Crippen LogP contribution in [0.25, 0.3) is 12.2 Å². The van der Waals surface area contributed by atoms with Gasteiger partial charge in [0.2, 0.25) is 11.5 Å². The van der Waals surface area contributed by atoms with Crippen LogP contribution in [-0.4, -0.2) is 88.2 Å². The number of ether oxygens (including phenoxy) is 6. The van der Waals surface area contributed by atoms with Gasteiger partial charge in [-0.1, -0.05) is 12.2 Å². The molecular weight excluding hydrogens is 608 g/mol. The van der Waals surface area contributed by atoms with E-state index in [9.17, 15) is 19.2 Å². The fourth-order valence-electron chi connectivity index (χ4n) is 4.81. The molecule has 0 fully saturated rings. The zero-order chi connectivity index (χ0) is 33.8. The lowest BCUT2D eigenvalue weighted by atomic mass is 10.1. The zero-order valence-corrected chi connectivity index (χ0v) is 26.9. The molecule has 0 bridgehead atoms. The number of amides is 4. The Hall–Kier alpha value is -5.52. The van der Waals surface area contributed by atoms with E-state index in [1.807, 2.05) is 0 Å². The summed E-state index contributed by atoms with van der Waals surface area (Å²) in [5, 5.41) is 0. The molecule has 0 radical (unpaired) electrons. The molecule has 0 unspecified atom stereocenters.